The maximum atomic E-state index is 2.45. The van der Waals surface area contributed by atoms with Gasteiger partial charge in [0.25, 0.3) is 0 Å². The zero-order valence-corrected chi connectivity index (χ0v) is 51.4. The summed E-state index contributed by atoms with van der Waals surface area (Å²) in [5.74, 6) is 0. The first-order chi connectivity index (χ1) is 37.7. The molecule has 0 spiro atoms. The molecular weight excluding hydrogens is 941 g/mol. The molecule has 0 unspecified atom stereocenters. The van der Waals surface area contributed by atoms with E-state index in [9.17, 15) is 0 Å². The normalized spacial score (nSPS) is 11.1. The summed E-state index contributed by atoms with van der Waals surface area (Å²) in [6.45, 7) is 43.0. The number of allylic oxidation sites excluding steroid dienone is 6. The Morgan fingerprint density at radius 3 is 0.769 bits per heavy atom. The summed E-state index contributed by atoms with van der Waals surface area (Å²) in [6.07, 6.45) is 13.0. The number of hydrogen-bond acceptors (Lipinski definition) is 2. The van der Waals surface area contributed by atoms with Gasteiger partial charge >= 0.3 is 0 Å². The summed E-state index contributed by atoms with van der Waals surface area (Å²) in [5.41, 5.74) is 29.9. The van der Waals surface area contributed by atoms with Crippen molar-refractivity contribution in [3.63, 3.8) is 0 Å². The molecule has 0 aromatic heterocycles. The minimum absolute atomic E-state index is 1.13. The van der Waals surface area contributed by atoms with Crippen molar-refractivity contribution in [2.45, 2.75) is 138 Å². The largest absolute Gasteiger partial charge is 0.310 e. The fraction of sp³-hybridized carbons (Fsp3) is 0.263. The van der Waals surface area contributed by atoms with E-state index in [0.717, 1.165) is 33.9 Å². The maximum absolute atomic E-state index is 2.45. The Morgan fingerprint density at radius 2 is 0.513 bits per heavy atom. The highest BCUT2D eigenvalue weighted by molar-refractivity contribution is 5.86. The van der Waals surface area contributed by atoms with Crippen LogP contribution in [0.25, 0.3) is 34.4 Å². The third-order valence-corrected chi connectivity index (χ3v) is 15.0. The standard InChI is InChI=1S/C68H68N2.4C2H6/c1-45(59-25-15-13-16-26-59)21-19-23-57-29-37-63(38-30-57)69(67-53(9)49(5)47(3)50(6)54(67)10)65-41-33-61(34-42-65)62-35-43-66(44-36-62)70(68-55(11)51(7)48(4)52(8)56(68)12)64-39-31-58(32-40-64)24-20-22-46(2)60-27-17-14-18-28-60;4*1-2/h13-44H,1-12H3;4*1-2H3/b23-19+,24-20+,45-21+,46-22+;;;;. The molecule has 0 atom stereocenters. The predicted molar refractivity (Wildman–Crippen MR) is 352 cm³/mol. The Balaban J connectivity index is 0.00000157. The fourth-order valence-corrected chi connectivity index (χ4v) is 9.72. The van der Waals surface area contributed by atoms with Crippen LogP contribution >= 0.6 is 0 Å². The molecule has 8 aromatic carbocycles. The van der Waals surface area contributed by atoms with Gasteiger partial charge in [-0.15, -0.1) is 0 Å². The van der Waals surface area contributed by atoms with Gasteiger partial charge in [0.15, 0.2) is 0 Å². The number of benzene rings is 8. The molecule has 78 heavy (non-hydrogen) atoms. The number of rotatable bonds is 13. The van der Waals surface area contributed by atoms with Gasteiger partial charge in [0.05, 0.1) is 11.4 Å². The Hall–Kier alpha value is -7.68. The third kappa shape index (κ3) is 14.9. The van der Waals surface area contributed by atoms with Gasteiger partial charge in [0.2, 0.25) is 0 Å². The van der Waals surface area contributed by atoms with Crippen molar-refractivity contribution in [1.29, 1.82) is 0 Å². The molecule has 0 saturated heterocycles. The number of nitrogens with zero attached hydrogens (tertiary/aromatic N) is 2. The Kier molecular flexibility index (Phi) is 24.9. The van der Waals surface area contributed by atoms with Crippen molar-refractivity contribution in [2.75, 3.05) is 9.80 Å². The van der Waals surface area contributed by atoms with Gasteiger partial charge in [-0.25, -0.2) is 0 Å². The molecule has 2 nitrogen and oxygen atoms in total. The SMILES string of the molecule is C/C(=C\C=C\c1ccc(N(c2ccc(-c3ccc(N(c4ccc(/C=C/C=C(\C)c5ccccc5)cc4)c4c(C)c(C)c(C)c(C)c4C)cc3)cc2)c2c(C)c(C)c(C)c(C)c2C)cc1)c1ccccc1.CC.CC.CC.CC. The molecule has 8 aromatic rings. The summed E-state index contributed by atoms with van der Waals surface area (Å²) in [4.78, 5) is 4.89. The van der Waals surface area contributed by atoms with Crippen LogP contribution in [0.4, 0.5) is 34.1 Å². The van der Waals surface area contributed by atoms with E-state index in [1.54, 1.807) is 0 Å². The molecule has 0 heterocycles. The zero-order chi connectivity index (χ0) is 57.6. The van der Waals surface area contributed by atoms with Crippen LogP contribution in [0.3, 0.4) is 0 Å². The van der Waals surface area contributed by atoms with Crippen molar-refractivity contribution >= 4 is 57.4 Å². The smallest absolute Gasteiger partial charge is 0.0525 e. The summed E-state index contributed by atoms with van der Waals surface area (Å²) >= 11 is 0. The zero-order valence-electron chi connectivity index (χ0n) is 51.4. The van der Waals surface area contributed by atoms with Crippen LogP contribution in [0.15, 0.2) is 182 Å². The van der Waals surface area contributed by atoms with E-state index in [-0.39, 0.29) is 0 Å². The molecule has 0 aliphatic rings. The van der Waals surface area contributed by atoms with Gasteiger partial charge in [-0.1, -0.05) is 201 Å². The molecule has 0 bridgehead atoms. The molecule has 0 fully saturated rings. The molecule has 2 heteroatoms. The van der Waals surface area contributed by atoms with Crippen molar-refractivity contribution in [2.24, 2.45) is 0 Å². The van der Waals surface area contributed by atoms with Crippen LogP contribution < -0.4 is 9.80 Å². The Morgan fingerprint density at radius 1 is 0.282 bits per heavy atom. The molecule has 0 N–H and O–H groups in total. The van der Waals surface area contributed by atoms with Crippen molar-refractivity contribution in [3.05, 3.63) is 260 Å². The number of anilines is 6. The minimum atomic E-state index is 1.13. The summed E-state index contributed by atoms with van der Waals surface area (Å²) < 4.78 is 0. The van der Waals surface area contributed by atoms with Gasteiger partial charge in [-0.05, 0) is 232 Å². The fourth-order valence-electron chi connectivity index (χ4n) is 9.72. The van der Waals surface area contributed by atoms with E-state index in [0.29, 0.717) is 0 Å². The highest BCUT2D eigenvalue weighted by Crippen LogP contribution is 2.45. The van der Waals surface area contributed by atoms with Crippen molar-refractivity contribution in [3.8, 4) is 11.1 Å². The molecule has 0 amide bonds. The average molecular weight is 1030 g/mol. The lowest BCUT2D eigenvalue weighted by molar-refractivity contribution is 1.13. The first kappa shape index (κ1) is 62.9. The maximum Gasteiger partial charge on any atom is 0.0525 e. The lowest BCUT2D eigenvalue weighted by atomic mass is 9.91. The predicted octanol–water partition coefficient (Wildman–Crippen LogP) is 23.7. The van der Waals surface area contributed by atoms with E-state index in [1.165, 1.54) is 100 Å². The van der Waals surface area contributed by atoms with E-state index in [1.807, 2.05) is 55.4 Å². The second-order valence-electron chi connectivity index (χ2n) is 19.0. The highest BCUT2D eigenvalue weighted by Gasteiger charge is 2.23. The van der Waals surface area contributed by atoms with E-state index >= 15 is 0 Å². The Bertz CT molecular complexity index is 2970. The first-order valence-corrected chi connectivity index (χ1v) is 28.7. The number of hydrogen-bond donors (Lipinski definition) is 0. The van der Waals surface area contributed by atoms with Gasteiger partial charge in [0.1, 0.15) is 0 Å². The Labute approximate surface area is 474 Å². The van der Waals surface area contributed by atoms with Crippen molar-refractivity contribution in [1.82, 2.24) is 0 Å². The molecule has 406 valence electrons. The van der Waals surface area contributed by atoms with Crippen LogP contribution in [0.1, 0.15) is 147 Å². The highest BCUT2D eigenvalue weighted by atomic mass is 15.2. The van der Waals surface area contributed by atoms with Crippen LogP contribution in [0.5, 0.6) is 0 Å². The summed E-state index contributed by atoms with van der Waals surface area (Å²) in [5, 5.41) is 0. The second-order valence-corrected chi connectivity index (χ2v) is 19.0. The van der Waals surface area contributed by atoms with E-state index < -0.39 is 0 Å². The van der Waals surface area contributed by atoms with Gasteiger partial charge in [0, 0.05) is 22.7 Å². The molecule has 0 aliphatic heterocycles. The first-order valence-electron chi connectivity index (χ1n) is 28.7. The van der Waals surface area contributed by atoms with Gasteiger partial charge in [-0.2, -0.15) is 0 Å². The van der Waals surface area contributed by atoms with E-state index in [2.05, 4.69) is 287 Å². The van der Waals surface area contributed by atoms with Crippen LogP contribution in [0, 0.1) is 69.2 Å². The molecular formula is C76H92N2. The van der Waals surface area contributed by atoms with Crippen LogP contribution in [-0.4, -0.2) is 0 Å². The van der Waals surface area contributed by atoms with Crippen molar-refractivity contribution < 1.29 is 0 Å². The minimum Gasteiger partial charge on any atom is -0.310 e. The monoisotopic (exact) mass is 1030 g/mol. The quantitative estimate of drug-likeness (QED) is 0.106. The third-order valence-electron chi connectivity index (χ3n) is 15.0. The summed E-state index contributed by atoms with van der Waals surface area (Å²) in [7, 11) is 0. The lowest BCUT2D eigenvalue weighted by Gasteiger charge is -2.31. The molecule has 0 aliphatic carbocycles. The van der Waals surface area contributed by atoms with Gasteiger partial charge < -0.3 is 9.80 Å². The average Bonchev–Trinajstić information content (AvgIpc) is 3.64. The molecule has 0 radical (unpaired) electrons. The van der Waals surface area contributed by atoms with Crippen LogP contribution in [-0.2, 0) is 0 Å². The van der Waals surface area contributed by atoms with Gasteiger partial charge in [-0.3, -0.25) is 0 Å². The molecule has 8 rings (SSSR count). The summed E-state index contributed by atoms with van der Waals surface area (Å²) in [6, 6.07) is 57.2. The van der Waals surface area contributed by atoms with E-state index in [4.69, 9.17) is 0 Å². The lowest BCUT2D eigenvalue weighted by Crippen LogP contribution is -2.15. The van der Waals surface area contributed by atoms with Crippen LogP contribution in [0.2, 0.25) is 0 Å². The second kappa shape index (κ2) is 30.9. The topological polar surface area (TPSA) is 6.48 Å². The molecule has 0 saturated carbocycles.